The van der Waals surface area contributed by atoms with E-state index in [0.29, 0.717) is 22.3 Å². The van der Waals surface area contributed by atoms with Crippen molar-refractivity contribution in [2.45, 2.75) is 26.3 Å². The molecule has 192 valence electrons. The molecule has 1 aliphatic rings. The first-order valence-electron chi connectivity index (χ1n) is 12.8. The molecule has 8 nitrogen and oxygen atoms in total. The second-order valence-electron chi connectivity index (χ2n) is 9.20. The summed E-state index contributed by atoms with van der Waals surface area (Å²) in [7, 11) is 0. The number of carbonyl (C=O) groups excluding carboxylic acids is 2. The monoisotopic (exact) mass is 516 g/mol. The van der Waals surface area contributed by atoms with Crippen LogP contribution in [-0.4, -0.2) is 59.6 Å². The zero-order chi connectivity index (χ0) is 25.8. The fraction of sp³-hybridized carbons (Fsp3) is 0.321. The van der Waals surface area contributed by atoms with Crippen molar-refractivity contribution in [3.8, 4) is 0 Å². The number of benzene rings is 2. The van der Waals surface area contributed by atoms with Crippen LogP contribution in [0, 0.1) is 0 Å². The molecule has 9 heteroatoms. The molecule has 2 aromatic heterocycles. The smallest absolute Gasteiger partial charge is 0.256 e. The highest BCUT2D eigenvalue weighted by Gasteiger charge is 2.19. The molecule has 0 spiro atoms. The van der Waals surface area contributed by atoms with Crippen LogP contribution in [0.4, 0.5) is 11.5 Å². The van der Waals surface area contributed by atoms with Crippen molar-refractivity contribution in [1.82, 2.24) is 20.4 Å². The third-order valence-corrected chi connectivity index (χ3v) is 7.96. The number of thiophene rings is 1. The SMILES string of the molecule is CCC(NC(=O)c1ccc2[nH]nc(NC(=O)c3ccc(N4CCN(CC)CC4)cc3)c2c1)c1cccs1. The summed E-state index contributed by atoms with van der Waals surface area (Å²) in [5, 5.41) is 15.9. The molecule has 1 aliphatic heterocycles. The normalized spacial score (nSPS) is 15.0. The van der Waals surface area contributed by atoms with E-state index in [1.165, 1.54) is 0 Å². The molecule has 5 rings (SSSR count). The summed E-state index contributed by atoms with van der Waals surface area (Å²) in [6.07, 6.45) is 0.801. The van der Waals surface area contributed by atoms with E-state index >= 15 is 0 Å². The van der Waals surface area contributed by atoms with Gasteiger partial charge in [-0.15, -0.1) is 11.3 Å². The maximum Gasteiger partial charge on any atom is 0.256 e. The van der Waals surface area contributed by atoms with Crippen molar-refractivity contribution in [3.05, 3.63) is 76.0 Å². The summed E-state index contributed by atoms with van der Waals surface area (Å²) in [6.45, 7) is 9.40. The maximum absolute atomic E-state index is 13.0. The Kier molecular flexibility index (Phi) is 7.52. The molecular formula is C28H32N6O2S. The highest BCUT2D eigenvalue weighted by Crippen LogP contribution is 2.25. The number of aromatic amines is 1. The van der Waals surface area contributed by atoms with Crippen LogP contribution >= 0.6 is 11.3 Å². The first kappa shape index (κ1) is 25.0. The predicted molar refractivity (Wildman–Crippen MR) is 150 cm³/mol. The number of nitrogens with zero attached hydrogens (tertiary/aromatic N) is 3. The Balaban J connectivity index is 1.27. The molecule has 2 aromatic carbocycles. The average molecular weight is 517 g/mol. The first-order valence-corrected chi connectivity index (χ1v) is 13.6. The Morgan fingerprint density at radius 1 is 1.00 bits per heavy atom. The number of hydrogen-bond donors (Lipinski definition) is 3. The topological polar surface area (TPSA) is 93.4 Å². The van der Waals surface area contributed by atoms with E-state index in [4.69, 9.17) is 0 Å². The first-order chi connectivity index (χ1) is 18.1. The van der Waals surface area contributed by atoms with Crippen molar-refractivity contribution < 1.29 is 9.59 Å². The van der Waals surface area contributed by atoms with Crippen LogP contribution in [0.15, 0.2) is 60.0 Å². The van der Waals surface area contributed by atoms with Gasteiger partial charge in [-0.2, -0.15) is 5.10 Å². The van der Waals surface area contributed by atoms with Gasteiger partial charge in [0.15, 0.2) is 5.82 Å². The number of anilines is 2. The molecule has 0 saturated carbocycles. The van der Waals surface area contributed by atoms with Gasteiger partial charge < -0.3 is 20.4 Å². The lowest BCUT2D eigenvalue weighted by molar-refractivity contribution is 0.0935. The van der Waals surface area contributed by atoms with E-state index in [0.717, 1.165) is 55.2 Å². The van der Waals surface area contributed by atoms with Gasteiger partial charge in [0.2, 0.25) is 0 Å². The van der Waals surface area contributed by atoms with Gasteiger partial charge in [-0.05, 0) is 66.9 Å². The van der Waals surface area contributed by atoms with Gasteiger partial charge in [0.25, 0.3) is 11.8 Å². The van der Waals surface area contributed by atoms with Crippen LogP contribution in [0.2, 0.25) is 0 Å². The zero-order valence-corrected chi connectivity index (χ0v) is 22.0. The van der Waals surface area contributed by atoms with Gasteiger partial charge in [0, 0.05) is 53.3 Å². The van der Waals surface area contributed by atoms with Crippen molar-refractivity contribution >= 4 is 45.6 Å². The summed E-state index contributed by atoms with van der Waals surface area (Å²) in [6, 6.07) is 17.0. The van der Waals surface area contributed by atoms with E-state index in [9.17, 15) is 9.59 Å². The van der Waals surface area contributed by atoms with Gasteiger partial charge in [-0.3, -0.25) is 14.7 Å². The number of amides is 2. The minimum atomic E-state index is -0.241. The molecule has 3 N–H and O–H groups in total. The average Bonchev–Trinajstić information content (AvgIpc) is 3.62. The van der Waals surface area contributed by atoms with Gasteiger partial charge in [-0.1, -0.05) is 19.9 Å². The summed E-state index contributed by atoms with van der Waals surface area (Å²) in [5.74, 6) is 0.00467. The molecule has 3 heterocycles. The van der Waals surface area contributed by atoms with E-state index in [1.54, 1.807) is 23.5 Å². The van der Waals surface area contributed by atoms with Gasteiger partial charge >= 0.3 is 0 Å². The van der Waals surface area contributed by atoms with Crippen molar-refractivity contribution in [1.29, 1.82) is 0 Å². The van der Waals surface area contributed by atoms with Crippen molar-refractivity contribution in [3.63, 3.8) is 0 Å². The van der Waals surface area contributed by atoms with Crippen molar-refractivity contribution in [2.24, 2.45) is 0 Å². The lowest BCUT2D eigenvalue weighted by Gasteiger charge is -2.35. The summed E-state index contributed by atoms with van der Waals surface area (Å²) >= 11 is 1.63. The number of nitrogens with one attached hydrogen (secondary N) is 3. The van der Waals surface area contributed by atoms with Crippen LogP contribution in [0.3, 0.4) is 0 Å². The van der Waals surface area contributed by atoms with Gasteiger partial charge in [0.05, 0.1) is 11.6 Å². The number of likely N-dealkylation sites (N-methyl/N-ethyl adjacent to an activating group) is 1. The molecular weight excluding hydrogens is 484 g/mol. The predicted octanol–water partition coefficient (Wildman–Crippen LogP) is 4.90. The lowest BCUT2D eigenvalue weighted by Crippen LogP contribution is -2.46. The zero-order valence-electron chi connectivity index (χ0n) is 21.2. The number of carbonyl (C=O) groups is 2. The largest absolute Gasteiger partial charge is 0.369 e. The summed E-state index contributed by atoms with van der Waals surface area (Å²) < 4.78 is 0. The van der Waals surface area contributed by atoms with Crippen LogP contribution in [0.5, 0.6) is 0 Å². The number of H-pyrrole nitrogens is 1. The molecule has 37 heavy (non-hydrogen) atoms. The molecule has 1 saturated heterocycles. The molecule has 0 radical (unpaired) electrons. The Labute approximate surface area is 220 Å². The highest BCUT2D eigenvalue weighted by molar-refractivity contribution is 7.10. The number of aromatic nitrogens is 2. The van der Waals surface area contributed by atoms with E-state index < -0.39 is 0 Å². The maximum atomic E-state index is 13.0. The Morgan fingerprint density at radius 2 is 1.76 bits per heavy atom. The molecule has 1 unspecified atom stereocenters. The number of fused-ring (bicyclic) bond motifs is 1. The third kappa shape index (κ3) is 5.52. The molecule has 4 aromatic rings. The number of piperazine rings is 1. The Hall–Kier alpha value is -3.69. The van der Waals surface area contributed by atoms with Gasteiger partial charge in [0.1, 0.15) is 0 Å². The van der Waals surface area contributed by atoms with E-state index in [-0.39, 0.29) is 17.9 Å². The summed E-state index contributed by atoms with van der Waals surface area (Å²) in [5.41, 5.74) is 2.95. The molecule has 1 atom stereocenters. The van der Waals surface area contributed by atoms with E-state index in [2.05, 4.69) is 44.5 Å². The second kappa shape index (κ2) is 11.1. The third-order valence-electron chi connectivity index (χ3n) is 6.97. The van der Waals surface area contributed by atoms with Crippen LogP contribution < -0.4 is 15.5 Å². The number of hydrogen-bond acceptors (Lipinski definition) is 6. The van der Waals surface area contributed by atoms with Crippen LogP contribution in [-0.2, 0) is 0 Å². The summed E-state index contributed by atoms with van der Waals surface area (Å²) in [4.78, 5) is 31.9. The standard InChI is InChI=1S/C28H32N6O2S/c1-3-23(25-6-5-17-37-25)29-28(36)20-9-12-24-22(18-20)26(32-31-24)30-27(35)19-7-10-21(11-8-19)34-15-13-33(4-2)14-16-34/h5-12,17-18,23H,3-4,13-16H2,1-2H3,(H,29,36)(H2,30,31,32,35). The Morgan fingerprint density at radius 3 is 2.43 bits per heavy atom. The van der Waals surface area contributed by atoms with Gasteiger partial charge in [-0.25, -0.2) is 0 Å². The minimum absolute atomic E-state index is 0.0368. The second-order valence-corrected chi connectivity index (χ2v) is 10.2. The lowest BCUT2D eigenvalue weighted by atomic mass is 10.1. The minimum Gasteiger partial charge on any atom is -0.369 e. The fourth-order valence-electron chi connectivity index (χ4n) is 4.68. The molecule has 0 bridgehead atoms. The van der Waals surface area contributed by atoms with E-state index in [1.807, 2.05) is 47.8 Å². The van der Waals surface area contributed by atoms with Crippen molar-refractivity contribution in [2.75, 3.05) is 42.9 Å². The quantitative estimate of drug-likeness (QED) is 0.310. The van der Waals surface area contributed by atoms with Crippen LogP contribution in [0.1, 0.15) is 51.9 Å². The number of rotatable bonds is 8. The molecule has 2 amide bonds. The fourth-order valence-corrected chi connectivity index (χ4v) is 5.54. The Bertz CT molecular complexity index is 1360. The highest BCUT2D eigenvalue weighted by atomic mass is 32.1. The van der Waals surface area contributed by atoms with Crippen LogP contribution in [0.25, 0.3) is 10.9 Å². The molecule has 1 fully saturated rings. The molecule has 0 aliphatic carbocycles.